The van der Waals surface area contributed by atoms with Crippen molar-refractivity contribution in [1.82, 2.24) is 0 Å². The number of rotatable bonds is 6. The minimum atomic E-state index is -1.04. The zero-order valence-corrected chi connectivity index (χ0v) is 10.4. The summed E-state index contributed by atoms with van der Waals surface area (Å²) in [5, 5.41) is 9.53. The van der Waals surface area contributed by atoms with Crippen molar-refractivity contribution in [1.29, 1.82) is 0 Å². The second-order valence-corrected chi connectivity index (χ2v) is 4.39. The highest BCUT2D eigenvalue weighted by Gasteiger charge is 2.21. The summed E-state index contributed by atoms with van der Waals surface area (Å²) in [5.41, 5.74) is 0.988. The minimum Gasteiger partial charge on any atom is -0.481 e. The van der Waals surface area contributed by atoms with Crippen LogP contribution in [-0.4, -0.2) is 16.9 Å². The first kappa shape index (κ1) is 13.7. The van der Waals surface area contributed by atoms with Crippen LogP contribution in [-0.2, 0) is 16.0 Å². The molecule has 1 rings (SSSR count). The van der Waals surface area contributed by atoms with Gasteiger partial charge in [-0.05, 0) is 37.8 Å². The smallest absolute Gasteiger partial charge is 0.314 e. The van der Waals surface area contributed by atoms with Gasteiger partial charge in [0.15, 0.2) is 0 Å². The zero-order chi connectivity index (χ0) is 12.8. The molecule has 92 valence electrons. The number of aliphatic carboxylic acids is 1. The fraction of sp³-hybridized carbons (Fsp3) is 0.385. The Labute approximate surface area is 105 Å². The lowest BCUT2D eigenvalue weighted by Gasteiger charge is -2.08. The summed E-state index contributed by atoms with van der Waals surface area (Å²) in [4.78, 5) is 21.9. The van der Waals surface area contributed by atoms with E-state index in [-0.39, 0.29) is 5.78 Å². The summed E-state index contributed by atoms with van der Waals surface area (Å²) in [6.45, 7) is 1.31. The largest absolute Gasteiger partial charge is 0.481 e. The van der Waals surface area contributed by atoms with Gasteiger partial charge in [-0.15, -0.1) is 0 Å². The number of ketones is 1. The van der Waals surface area contributed by atoms with Crippen LogP contribution in [0.4, 0.5) is 0 Å². The Morgan fingerprint density at radius 1 is 1.35 bits per heavy atom. The normalized spacial score (nSPS) is 12.1. The molecule has 0 spiro atoms. The van der Waals surface area contributed by atoms with Crippen molar-refractivity contribution >= 4 is 23.4 Å². The first-order chi connectivity index (χ1) is 8.02. The van der Waals surface area contributed by atoms with E-state index in [0.717, 1.165) is 5.56 Å². The van der Waals surface area contributed by atoms with E-state index in [1.54, 1.807) is 6.07 Å². The molecule has 17 heavy (non-hydrogen) atoms. The number of carboxylic acids is 1. The van der Waals surface area contributed by atoms with E-state index in [4.69, 9.17) is 16.7 Å². The van der Waals surface area contributed by atoms with Crippen LogP contribution in [0.25, 0.3) is 0 Å². The molecule has 0 aliphatic rings. The van der Waals surface area contributed by atoms with E-state index in [2.05, 4.69) is 0 Å². The van der Waals surface area contributed by atoms with E-state index in [0.29, 0.717) is 24.3 Å². The molecule has 0 aliphatic heterocycles. The highest BCUT2D eigenvalue weighted by Crippen LogP contribution is 2.19. The molecule has 1 aromatic rings. The topological polar surface area (TPSA) is 54.4 Å². The molecule has 0 saturated carbocycles. The van der Waals surface area contributed by atoms with Crippen molar-refractivity contribution in [2.75, 3.05) is 0 Å². The summed E-state index contributed by atoms with van der Waals surface area (Å²) in [5.74, 6) is -2.23. The average molecular weight is 255 g/mol. The van der Waals surface area contributed by atoms with Gasteiger partial charge in [0, 0.05) is 5.02 Å². The molecule has 0 amide bonds. The number of carboxylic acid groups (broad SMARTS) is 1. The number of aryl methyl sites for hydroxylation is 1. The number of carbonyl (C=O) groups excluding carboxylic acids is 1. The van der Waals surface area contributed by atoms with Crippen molar-refractivity contribution in [3.63, 3.8) is 0 Å². The SMILES string of the molecule is CC(=O)C(CCCc1ccccc1Cl)C(=O)O. The Hall–Kier alpha value is -1.35. The Balaban J connectivity index is 2.50. The summed E-state index contributed by atoms with van der Waals surface area (Å²) in [7, 11) is 0. The van der Waals surface area contributed by atoms with Gasteiger partial charge in [-0.3, -0.25) is 9.59 Å². The quantitative estimate of drug-likeness (QED) is 0.794. The second-order valence-electron chi connectivity index (χ2n) is 3.99. The predicted molar refractivity (Wildman–Crippen MR) is 66.2 cm³/mol. The molecule has 4 heteroatoms. The third-order valence-electron chi connectivity index (χ3n) is 2.69. The number of carbonyl (C=O) groups is 2. The third-order valence-corrected chi connectivity index (χ3v) is 3.05. The molecule has 0 heterocycles. The zero-order valence-electron chi connectivity index (χ0n) is 9.65. The van der Waals surface area contributed by atoms with Crippen molar-refractivity contribution in [2.45, 2.75) is 26.2 Å². The number of halogens is 1. The molecule has 1 atom stereocenters. The Kier molecular flexibility index (Phi) is 5.16. The molecule has 0 radical (unpaired) electrons. The van der Waals surface area contributed by atoms with Crippen molar-refractivity contribution in [3.05, 3.63) is 34.9 Å². The van der Waals surface area contributed by atoms with E-state index in [1.807, 2.05) is 18.2 Å². The van der Waals surface area contributed by atoms with Crippen LogP contribution >= 0.6 is 11.6 Å². The fourth-order valence-electron chi connectivity index (χ4n) is 1.70. The Morgan fingerprint density at radius 3 is 2.53 bits per heavy atom. The molecule has 0 fully saturated rings. The van der Waals surface area contributed by atoms with Crippen LogP contribution in [0.15, 0.2) is 24.3 Å². The average Bonchev–Trinajstić information content (AvgIpc) is 2.25. The molecular weight excluding hydrogens is 240 g/mol. The van der Waals surface area contributed by atoms with Gasteiger partial charge in [0.05, 0.1) is 0 Å². The van der Waals surface area contributed by atoms with Gasteiger partial charge in [0.2, 0.25) is 0 Å². The number of hydrogen-bond acceptors (Lipinski definition) is 2. The van der Waals surface area contributed by atoms with Gasteiger partial charge in [0.1, 0.15) is 11.7 Å². The van der Waals surface area contributed by atoms with Crippen LogP contribution in [0, 0.1) is 5.92 Å². The lowest BCUT2D eigenvalue weighted by molar-refractivity contribution is -0.146. The molecule has 0 saturated heterocycles. The highest BCUT2D eigenvalue weighted by molar-refractivity contribution is 6.31. The van der Waals surface area contributed by atoms with Gasteiger partial charge < -0.3 is 5.11 Å². The lowest BCUT2D eigenvalue weighted by Crippen LogP contribution is -2.21. The number of benzene rings is 1. The van der Waals surface area contributed by atoms with Crippen LogP contribution < -0.4 is 0 Å². The first-order valence-corrected chi connectivity index (χ1v) is 5.87. The molecular formula is C13H15ClO3. The van der Waals surface area contributed by atoms with Gasteiger partial charge in [0.25, 0.3) is 0 Å². The first-order valence-electron chi connectivity index (χ1n) is 5.49. The van der Waals surface area contributed by atoms with Gasteiger partial charge in [-0.25, -0.2) is 0 Å². The van der Waals surface area contributed by atoms with Gasteiger partial charge >= 0.3 is 5.97 Å². The molecule has 1 N–H and O–H groups in total. The van der Waals surface area contributed by atoms with Crippen molar-refractivity contribution in [2.24, 2.45) is 5.92 Å². The molecule has 0 bridgehead atoms. The van der Waals surface area contributed by atoms with Gasteiger partial charge in [-0.2, -0.15) is 0 Å². The summed E-state index contributed by atoms with van der Waals surface area (Å²) >= 11 is 5.98. The number of hydrogen-bond donors (Lipinski definition) is 1. The fourth-order valence-corrected chi connectivity index (χ4v) is 1.93. The maximum absolute atomic E-state index is 11.1. The third kappa shape index (κ3) is 4.19. The van der Waals surface area contributed by atoms with Crippen LogP contribution in [0.3, 0.4) is 0 Å². The Bertz CT molecular complexity index is 401. The monoisotopic (exact) mass is 254 g/mol. The summed E-state index contributed by atoms with van der Waals surface area (Å²) in [6, 6.07) is 7.45. The molecule has 3 nitrogen and oxygen atoms in total. The lowest BCUT2D eigenvalue weighted by atomic mass is 9.96. The molecule has 0 aliphatic carbocycles. The van der Waals surface area contributed by atoms with E-state index < -0.39 is 11.9 Å². The van der Waals surface area contributed by atoms with Gasteiger partial charge in [-0.1, -0.05) is 29.8 Å². The predicted octanol–water partition coefficient (Wildman–Crippen LogP) is 2.95. The Morgan fingerprint density at radius 2 is 2.00 bits per heavy atom. The molecule has 1 unspecified atom stereocenters. The van der Waals surface area contributed by atoms with E-state index in [1.165, 1.54) is 6.92 Å². The maximum Gasteiger partial charge on any atom is 0.314 e. The van der Waals surface area contributed by atoms with Crippen LogP contribution in [0.5, 0.6) is 0 Å². The second kappa shape index (κ2) is 6.40. The maximum atomic E-state index is 11.1. The standard InChI is InChI=1S/C13H15ClO3/c1-9(15)11(13(16)17)7-4-6-10-5-2-3-8-12(10)14/h2-3,5,8,11H,4,6-7H2,1H3,(H,16,17). The van der Waals surface area contributed by atoms with Crippen molar-refractivity contribution < 1.29 is 14.7 Å². The van der Waals surface area contributed by atoms with Crippen LogP contribution in [0.1, 0.15) is 25.3 Å². The van der Waals surface area contributed by atoms with Crippen LogP contribution in [0.2, 0.25) is 5.02 Å². The van der Waals surface area contributed by atoms with E-state index >= 15 is 0 Å². The number of Topliss-reactive ketones (excluding diaryl/α,β-unsaturated/α-hetero) is 1. The molecule has 1 aromatic carbocycles. The highest BCUT2D eigenvalue weighted by atomic mass is 35.5. The molecule has 0 aromatic heterocycles. The van der Waals surface area contributed by atoms with E-state index in [9.17, 15) is 9.59 Å². The summed E-state index contributed by atoms with van der Waals surface area (Å²) in [6.07, 6.45) is 1.69. The minimum absolute atomic E-state index is 0.295. The van der Waals surface area contributed by atoms with Crippen molar-refractivity contribution in [3.8, 4) is 0 Å². The summed E-state index contributed by atoms with van der Waals surface area (Å²) < 4.78 is 0.